The molecule has 2 atom stereocenters. The molecule has 1 fully saturated rings. The van der Waals surface area contributed by atoms with Gasteiger partial charge in [-0.2, -0.15) is 0 Å². The second kappa shape index (κ2) is 5.71. The fourth-order valence-electron chi connectivity index (χ4n) is 2.45. The Balaban J connectivity index is 2.00. The molecule has 1 saturated carbocycles. The Bertz CT molecular complexity index is 389. The molecule has 17 heavy (non-hydrogen) atoms. The van der Waals surface area contributed by atoms with Crippen LogP contribution in [0.25, 0.3) is 0 Å². The SMILES string of the molecule is Cc1occc1C(=O)NC1CCCCC1CBr. The maximum atomic E-state index is 12.1. The third-order valence-corrected chi connectivity index (χ3v) is 4.36. The van der Waals surface area contributed by atoms with Gasteiger partial charge < -0.3 is 9.73 Å². The van der Waals surface area contributed by atoms with Gasteiger partial charge in [-0.3, -0.25) is 4.79 Å². The summed E-state index contributed by atoms with van der Waals surface area (Å²) < 4.78 is 5.16. The van der Waals surface area contributed by atoms with Crippen LogP contribution in [0.2, 0.25) is 0 Å². The largest absolute Gasteiger partial charge is 0.469 e. The van der Waals surface area contributed by atoms with Gasteiger partial charge in [-0.1, -0.05) is 28.8 Å². The lowest BCUT2D eigenvalue weighted by atomic mass is 9.86. The van der Waals surface area contributed by atoms with E-state index in [1.807, 2.05) is 6.92 Å². The molecule has 4 heteroatoms. The van der Waals surface area contributed by atoms with Gasteiger partial charge in [0.15, 0.2) is 0 Å². The van der Waals surface area contributed by atoms with Crippen LogP contribution in [0.5, 0.6) is 0 Å². The van der Waals surface area contributed by atoms with Gasteiger partial charge in [0.25, 0.3) is 5.91 Å². The molecule has 0 bridgehead atoms. The van der Waals surface area contributed by atoms with Gasteiger partial charge in [0.05, 0.1) is 11.8 Å². The molecule has 0 radical (unpaired) electrons. The molecule has 1 aliphatic carbocycles. The minimum atomic E-state index is -0.00546. The number of aryl methyl sites for hydroxylation is 1. The van der Waals surface area contributed by atoms with Crippen molar-refractivity contribution in [3.63, 3.8) is 0 Å². The Labute approximate surface area is 110 Å². The Kier molecular flexibility index (Phi) is 4.26. The van der Waals surface area contributed by atoms with Crippen molar-refractivity contribution in [2.24, 2.45) is 5.92 Å². The topological polar surface area (TPSA) is 42.2 Å². The van der Waals surface area contributed by atoms with E-state index in [2.05, 4.69) is 21.2 Å². The van der Waals surface area contributed by atoms with Crippen molar-refractivity contribution >= 4 is 21.8 Å². The zero-order valence-corrected chi connectivity index (χ0v) is 11.6. The average Bonchev–Trinajstić information content (AvgIpc) is 2.76. The predicted octanol–water partition coefficient (Wildman–Crippen LogP) is 3.27. The van der Waals surface area contributed by atoms with Crippen LogP contribution in [0.3, 0.4) is 0 Å². The summed E-state index contributed by atoms with van der Waals surface area (Å²) >= 11 is 3.53. The lowest BCUT2D eigenvalue weighted by Gasteiger charge is -2.30. The molecule has 0 saturated heterocycles. The number of amides is 1. The smallest absolute Gasteiger partial charge is 0.255 e. The van der Waals surface area contributed by atoms with E-state index in [0.717, 1.165) is 11.8 Å². The molecule has 2 rings (SSSR count). The van der Waals surface area contributed by atoms with E-state index in [0.29, 0.717) is 23.3 Å². The molecule has 1 aromatic rings. The summed E-state index contributed by atoms with van der Waals surface area (Å²) in [6.45, 7) is 1.82. The van der Waals surface area contributed by atoms with Crippen LogP contribution < -0.4 is 5.32 Å². The van der Waals surface area contributed by atoms with E-state index >= 15 is 0 Å². The first-order chi connectivity index (χ1) is 8.22. The number of furan rings is 1. The first-order valence-electron chi connectivity index (χ1n) is 6.13. The zero-order chi connectivity index (χ0) is 12.3. The monoisotopic (exact) mass is 299 g/mol. The van der Waals surface area contributed by atoms with E-state index in [-0.39, 0.29) is 5.91 Å². The summed E-state index contributed by atoms with van der Waals surface area (Å²) in [4.78, 5) is 12.1. The number of carbonyl (C=O) groups is 1. The number of nitrogens with one attached hydrogen (secondary N) is 1. The quantitative estimate of drug-likeness (QED) is 0.871. The highest BCUT2D eigenvalue weighted by Crippen LogP contribution is 2.26. The Morgan fingerprint density at radius 1 is 1.53 bits per heavy atom. The van der Waals surface area contributed by atoms with Crippen molar-refractivity contribution in [1.29, 1.82) is 0 Å². The van der Waals surface area contributed by atoms with Gasteiger partial charge >= 0.3 is 0 Å². The molecule has 1 amide bonds. The van der Waals surface area contributed by atoms with Gasteiger partial charge in [-0.05, 0) is 31.7 Å². The standard InChI is InChI=1S/C13H18BrNO2/c1-9-11(6-7-17-9)13(16)15-12-5-3-2-4-10(12)8-14/h6-7,10,12H,2-5,8H2,1H3,(H,15,16). The number of hydrogen-bond donors (Lipinski definition) is 1. The molecule has 2 unspecified atom stereocenters. The number of alkyl halides is 1. The van der Waals surface area contributed by atoms with E-state index in [9.17, 15) is 4.79 Å². The first kappa shape index (κ1) is 12.7. The Hall–Kier alpha value is -0.770. The normalized spacial score (nSPS) is 24.6. The summed E-state index contributed by atoms with van der Waals surface area (Å²) in [6.07, 6.45) is 6.32. The third-order valence-electron chi connectivity index (χ3n) is 3.53. The lowest BCUT2D eigenvalue weighted by Crippen LogP contribution is -2.42. The molecule has 1 N–H and O–H groups in total. The average molecular weight is 300 g/mol. The molecule has 1 aliphatic rings. The van der Waals surface area contributed by atoms with Crippen molar-refractivity contribution in [2.75, 3.05) is 5.33 Å². The van der Waals surface area contributed by atoms with Crippen LogP contribution in [0.4, 0.5) is 0 Å². The second-order valence-electron chi connectivity index (χ2n) is 4.67. The third kappa shape index (κ3) is 2.92. The Morgan fingerprint density at radius 3 is 2.94 bits per heavy atom. The van der Waals surface area contributed by atoms with Gasteiger partial charge in [-0.25, -0.2) is 0 Å². The first-order valence-corrected chi connectivity index (χ1v) is 7.25. The fourth-order valence-corrected chi connectivity index (χ4v) is 3.22. The molecule has 94 valence electrons. The molecule has 0 aromatic carbocycles. The molecular formula is C13H18BrNO2. The van der Waals surface area contributed by atoms with Crippen molar-refractivity contribution in [2.45, 2.75) is 38.6 Å². The minimum absolute atomic E-state index is 0.00546. The predicted molar refractivity (Wildman–Crippen MR) is 70.5 cm³/mol. The molecule has 0 spiro atoms. The molecular weight excluding hydrogens is 282 g/mol. The number of rotatable bonds is 3. The summed E-state index contributed by atoms with van der Waals surface area (Å²) in [5.74, 6) is 1.24. The van der Waals surface area contributed by atoms with Crippen LogP contribution in [0.15, 0.2) is 16.7 Å². The van der Waals surface area contributed by atoms with Crippen molar-refractivity contribution in [3.05, 3.63) is 23.7 Å². The maximum Gasteiger partial charge on any atom is 0.255 e. The van der Waals surface area contributed by atoms with E-state index in [1.54, 1.807) is 12.3 Å². The Morgan fingerprint density at radius 2 is 2.29 bits per heavy atom. The van der Waals surface area contributed by atoms with Crippen LogP contribution in [0.1, 0.15) is 41.8 Å². The summed E-state index contributed by atoms with van der Waals surface area (Å²) in [6, 6.07) is 2.03. The summed E-state index contributed by atoms with van der Waals surface area (Å²) in [5.41, 5.74) is 0.656. The minimum Gasteiger partial charge on any atom is -0.469 e. The van der Waals surface area contributed by atoms with Gasteiger partial charge in [0, 0.05) is 11.4 Å². The van der Waals surface area contributed by atoms with Crippen LogP contribution in [-0.2, 0) is 0 Å². The van der Waals surface area contributed by atoms with Crippen molar-refractivity contribution in [1.82, 2.24) is 5.32 Å². The highest BCUT2D eigenvalue weighted by molar-refractivity contribution is 9.09. The van der Waals surface area contributed by atoms with Crippen LogP contribution in [0, 0.1) is 12.8 Å². The van der Waals surface area contributed by atoms with Crippen molar-refractivity contribution < 1.29 is 9.21 Å². The highest BCUT2D eigenvalue weighted by Gasteiger charge is 2.26. The summed E-state index contributed by atoms with van der Waals surface area (Å²) in [7, 11) is 0. The fraction of sp³-hybridized carbons (Fsp3) is 0.615. The van der Waals surface area contributed by atoms with Crippen LogP contribution >= 0.6 is 15.9 Å². The van der Waals surface area contributed by atoms with E-state index in [4.69, 9.17) is 4.42 Å². The lowest BCUT2D eigenvalue weighted by molar-refractivity contribution is 0.0910. The molecule has 1 aromatic heterocycles. The van der Waals surface area contributed by atoms with E-state index in [1.165, 1.54) is 19.3 Å². The molecule has 1 heterocycles. The highest BCUT2D eigenvalue weighted by atomic mass is 79.9. The van der Waals surface area contributed by atoms with Gasteiger partial charge in [-0.15, -0.1) is 0 Å². The van der Waals surface area contributed by atoms with Gasteiger partial charge in [0.1, 0.15) is 5.76 Å². The van der Waals surface area contributed by atoms with Crippen LogP contribution in [-0.4, -0.2) is 17.3 Å². The second-order valence-corrected chi connectivity index (χ2v) is 5.32. The number of carbonyl (C=O) groups excluding carboxylic acids is 1. The van der Waals surface area contributed by atoms with Gasteiger partial charge in [0.2, 0.25) is 0 Å². The zero-order valence-electron chi connectivity index (χ0n) is 10.0. The molecule has 0 aliphatic heterocycles. The maximum absolute atomic E-state index is 12.1. The summed E-state index contributed by atoms with van der Waals surface area (Å²) in [5, 5.41) is 4.09. The molecule has 3 nitrogen and oxygen atoms in total. The number of halogens is 1. The van der Waals surface area contributed by atoms with E-state index < -0.39 is 0 Å². The number of hydrogen-bond acceptors (Lipinski definition) is 2. The van der Waals surface area contributed by atoms with Crippen molar-refractivity contribution in [3.8, 4) is 0 Å².